The van der Waals surface area contributed by atoms with Crippen LogP contribution in [0.15, 0.2) is 11.6 Å². The van der Waals surface area contributed by atoms with E-state index >= 15 is 0 Å². The molecule has 4 rings (SSSR count). The first-order valence-corrected chi connectivity index (χ1v) is 9.93. The molecule has 2 aromatic rings. The van der Waals surface area contributed by atoms with Crippen molar-refractivity contribution >= 4 is 17.4 Å². The van der Waals surface area contributed by atoms with Crippen LogP contribution in [0.3, 0.4) is 0 Å². The molecule has 2 atom stereocenters. The number of amides is 2. The number of hydrogen-bond acceptors (Lipinski definition) is 5. The molecule has 1 saturated carbocycles. The molecule has 3 heterocycles. The fraction of sp³-hybridized carbons (Fsp3) is 0.647. The minimum atomic E-state index is 0.00561. The molecule has 25 heavy (non-hydrogen) atoms. The van der Waals surface area contributed by atoms with Gasteiger partial charge in [-0.1, -0.05) is 6.92 Å². The highest BCUT2D eigenvalue weighted by molar-refractivity contribution is 7.09. The summed E-state index contributed by atoms with van der Waals surface area (Å²) in [5, 5.41) is 13.6. The number of urea groups is 1. The summed E-state index contributed by atoms with van der Waals surface area (Å²) in [7, 11) is 0. The number of rotatable bonds is 5. The summed E-state index contributed by atoms with van der Waals surface area (Å²) >= 11 is 1.63. The van der Waals surface area contributed by atoms with Crippen LogP contribution in [0, 0.1) is 0 Å². The molecule has 2 aromatic heterocycles. The van der Waals surface area contributed by atoms with Gasteiger partial charge in [-0.15, -0.1) is 11.3 Å². The zero-order valence-electron chi connectivity index (χ0n) is 14.4. The lowest BCUT2D eigenvalue weighted by Gasteiger charge is -2.31. The van der Waals surface area contributed by atoms with E-state index in [1.165, 1.54) is 12.8 Å². The van der Waals surface area contributed by atoms with Gasteiger partial charge in [-0.25, -0.2) is 14.8 Å². The molecular formula is C17H24N6OS. The molecule has 1 saturated heterocycles. The minimum absolute atomic E-state index is 0.00561. The number of carbonyl (C=O) groups is 1. The largest absolute Gasteiger partial charge is 0.337 e. The maximum absolute atomic E-state index is 12.5. The van der Waals surface area contributed by atoms with Gasteiger partial charge in [0.1, 0.15) is 5.82 Å². The topological polar surface area (TPSA) is 86.8 Å². The minimum Gasteiger partial charge on any atom is -0.337 e. The summed E-state index contributed by atoms with van der Waals surface area (Å²) < 4.78 is 0. The van der Waals surface area contributed by atoms with Crippen molar-refractivity contribution in [2.45, 2.75) is 50.4 Å². The second kappa shape index (κ2) is 7.11. The highest BCUT2D eigenvalue weighted by Gasteiger charge is 2.31. The molecule has 8 heteroatoms. The summed E-state index contributed by atoms with van der Waals surface area (Å²) in [5.41, 5.74) is 0. The molecule has 1 aliphatic carbocycles. The zero-order valence-corrected chi connectivity index (χ0v) is 15.3. The Kier molecular flexibility index (Phi) is 4.70. The number of nitrogens with one attached hydrogen (secondary N) is 2. The number of aromatic nitrogens is 4. The molecule has 0 bridgehead atoms. The second-order valence-electron chi connectivity index (χ2n) is 7.10. The summed E-state index contributed by atoms with van der Waals surface area (Å²) in [4.78, 5) is 23.4. The van der Waals surface area contributed by atoms with Crippen molar-refractivity contribution in [1.29, 1.82) is 0 Å². The average Bonchev–Trinajstić information content (AvgIpc) is 3.15. The van der Waals surface area contributed by atoms with Gasteiger partial charge in [0.05, 0.1) is 5.01 Å². The predicted molar refractivity (Wildman–Crippen MR) is 95.8 cm³/mol. The smallest absolute Gasteiger partial charge is 0.317 e. The highest BCUT2D eigenvalue weighted by atomic mass is 32.1. The number of nitrogens with zero attached hydrogens (tertiary/aromatic N) is 4. The molecule has 2 aliphatic rings. The molecule has 0 spiro atoms. The van der Waals surface area contributed by atoms with E-state index in [9.17, 15) is 4.79 Å². The van der Waals surface area contributed by atoms with E-state index < -0.39 is 0 Å². The molecule has 134 valence electrons. The summed E-state index contributed by atoms with van der Waals surface area (Å²) in [6.07, 6.45) is 6.27. The first kappa shape index (κ1) is 16.5. The van der Waals surface area contributed by atoms with Crippen molar-refractivity contribution in [2.75, 3.05) is 19.6 Å². The van der Waals surface area contributed by atoms with Crippen LogP contribution in [0.25, 0.3) is 0 Å². The Balaban J connectivity index is 1.31. The first-order valence-electron chi connectivity index (χ1n) is 9.05. The number of likely N-dealkylation sites (tertiary alicyclic amines) is 1. The van der Waals surface area contributed by atoms with Gasteiger partial charge in [-0.2, -0.15) is 5.10 Å². The van der Waals surface area contributed by atoms with Gasteiger partial charge in [0.25, 0.3) is 0 Å². The predicted octanol–water partition coefficient (Wildman–Crippen LogP) is 2.83. The quantitative estimate of drug-likeness (QED) is 0.858. The monoisotopic (exact) mass is 360 g/mol. The number of H-pyrrole nitrogens is 1. The van der Waals surface area contributed by atoms with Crippen molar-refractivity contribution in [3.63, 3.8) is 0 Å². The van der Waals surface area contributed by atoms with Gasteiger partial charge in [-0.05, 0) is 25.7 Å². The molecule has 2 unspecified atom stereocenters. The number of carbonyl (C=O) groups excluding carboxylic acids is 1. The molecule has 0 aromatic carbocycles. The van der Waals surface area contributed by atoms with Gasteiger partial charge in [0, 0.05) is 49.0 Å². The molecule has 1 aliphatic heterocycles. The lowest BCUT2D eigenvalue weighted by molar-refractivity contribution is 0.178. The van der Waals surface area contributed by atoms with Crippen LogP contribution in [-0.4, -0.2) is 50.7 Å². The maximum Gasteiger partial charge on any atom is 0.317 e. The van der Waals surface area contributed by atoms with Crippen molar-refractivity contribution in [3.05, 3.63) is 28.2 Å². The molecule has 0 radical (unpaired) electrons. The summed E-state index contributed by atoms with van der Waals surface area (Å²) in [6, 6.07) is 0.00561. The Morgan fingerprint density at radius 3 is 3.08 bits per heavy atom. The van der Waals surface area contributed by atoms with Crippen LogP contribution in [0.2, 0.25) is 0 Å². The van der Waals surface area contributed by atoms with Crippen LogP contribution in [0.5, 0.6) is 0 Å². The van der Waals surface area contributed by atoms with Crippen molar-refractivity contribution in [3.8, 4) is 0 Å². The Hall–Kier alpha value is -1.96. The number of aromatic amines is 1. The normalized spacial score (nSPS) is 22.0. The fourth-order valence-electron chi connectivity index (χ4n) is 3.30. The van der Waals surface area contributed by atoms with E-state index in [0.29, 0.717) is 19.0 Å². The molecular weight excluding hydrogens is 336 g/mol. The van der Waals surface area contributed by atoms with Crippen LogP contribution in [0.1, 0.15) is 67.0 Å². The fourth-order valence-corrected chi connectivity index (χ4v) is 4.00. The summed E-state index contributed by atoms with van der Waals surface area (Å²) in [5.74, 6) is 2.94. The molecule has 7 nitrogen and oxygen atoms in total. The van der Waals surface area contributed by atoms with E-state index in [1.54, 1.807) is 17.5 Å². The third-order valence-electron chi connectivity index (χ3n) is 4.99. The van der Waals surface area contributed by atoms with Crippen LogP contribution < -0.4 is 5.32 Å². The first-order chi connectivity index (χ1) is 12.2. The van der Waals surface area contributed by atoms with E-state index in [1.807, 2.05) is 10.3 Å². The Morgan fingerprint density at radius 1 is 1.44 bits per heavy atom. The van der Waals surface area contributed by atoms with Crippen LogP contribution in [-0.2, 0) is 0 Å². The van der Waals surface area contributed by atoms with Gasteiger partial charge in [0.15, 0.2) is 5.82 Å². The number of piperidine rings is 1. The van der Waals surface area contributed by atoms with Gasteiger partial charge >= 0.3 is 6.03 Å². The summed E-state index contributed by atoms with van der Waals surface area (Å²) in [6.45, 7) is 4.19. The zero-order chi connectivity index (χ0) is 17.2. The number of hydrogen-bond donors (Lipinski definition) is 2. The average molecular weight is 360 g/mol. The van der Waals surface area contributed by atoms with Gasteiger partial charge < -0.3 is 10.2 Å². The van der Waals surface area contributed by atoms with E-state index in [-0.39, 0.29) is 17.9 Å². The lowest BCUT2D eigenvalue weighted by atomic mass is 9.97. The SMILES string of the molecule is CC(CNC(=O)N1CCCC(c2n[nH]c(C3CC3)n2)C1)c1nccs1. The Bertz CT molecular complexity index is 711. The van der Waals surface area contributed by atoms with Gasteiger partial charge in [0.2, 0.25) is 0 Å². The standard InChI is InChI=1S/C17H24N6OS/c1-11(16-18-6-8-25-16)9-19-17(24)23-7-2-3-13(10-23)15-20-14(21-22-15)12-4-5-12/h6,8,11-13H,2-5,7,9-10H2,1H3,(H,19,24)(H,20,21,22). The number of thiazole rings is 1. The molecule has 2 amide bonds. The Morgan fingerprint density at radius 2 is 2.32 bits per heavy atom. The Labute approximate surface area is 151 Å². The van der Waals surface area contributed by atoms with Crippen molar-refractivity contribution < 1.29 is 4.79 Å². The van der Waals surface area contributed by atoms with E-state index in [2.05, 4.69) is 32.4 Å². The van der Waals surface area contributed by atoms with Crippen LogP contribution >= 0.6 is 11.3 Å². The third-order valence-corrected chi connectivity index (χ3v) is 6.00. The second-order valence-corrected chi connectivity index (χ2v) is 8.02. The van der Waals surface area contributed by atoms with Gasteiger partial charge in [-0.3, -0.25) is 5.10 Å². The maximum atomic E-state index is 12.5. The molecule has 2 N–H and O–H groups in total. The van der Waals surface area contributed by atoms with E-state index in [0.717, 1.165) is 36.0 Å². The highest BCUT2D eigenvalue weighted by Crippen LogP contribution is 2.38. The molecule has 2 fully saturated rings. The van der Waals surface area contributed by atoms with Crippen molar-refractivity contribution in [1.82, 2.24) is 30.4 Å². The third kappa shape index (κ3) is 3.84. The lowest BCUT2D eigenvalue weighted by Crippen LogP contribution is -2.45. The van der Waals surface area contributed by atoms with E-state index in [4.69, 9.17) is 0 Å². The van der Waals surface area contributed by atoms with Crippen molar-refractivity contribution in [2.24, 2.45) is 0 Å². The van der Waals surface area contributed by atoms with Crippen LogP contribution in [0.4, 0.5) is 4.79 Å².